The number of ether oxygens (including phenoxy) is 1. The molecule has 0 aliphatic heterocycles. The van der Waals surface area contributed by atoms with Crippen LogP contribution in [0.2, 0.25) is 0 Å². The summed E-state index contributed by atoms with van der Waals surface area (Å²) in [7, 11) is 0. The van der Waals surface area contributed by atoms with Crippen molar-refractivity contribution in [3.05, 3.63) is 83.7 Å². The Morgan fingerprint density at radius 1 is 0.935 bits per heavy atom. The van der Waals surface area contributed by atoms with Gasteiger partial charge in [0.15, 0.2) is 0 Å². The molecule has 1 amide bonds. The van der Waals surface area contributed by atoms with Crippen molar-refractivity contribution in [3.8, 4) is 0 Å². The minimum absolute atomic E-state index is 0.106. The summed E-state index contributed by atoms with van der Waals surface area (Å²) in [6.45, 7) is 4.93. The normalized spacial score (nSPS) is 12.0. The van der Waals surface area contributed by atoms with Gasteiger partial charge in [-0.15, -0.1) is 0 Å². The second-order valence-electron chi connectivity index (χ2n) is 6.79. The van der Waals surface area contributed by atoms with Crippen LogP contribution in [0.1, 0.15) is 30.0 Å². The molecule has 1 atom stereocenters. The molecule has 8 nitrogen and oxygen atoms in total. The number of aliphatic imine (C=N–C) groups is 1. The lowest BCUT2D eigenvalue weighted by Gasteiger charge is -2.18. The number of anilines is 1. The number of carbonyl (C=O) groups excluding carboxylic acids is 2. The van der Waals surface area contributed by atoms with E-state index in [1.54, 1.807) is 24.3 Å². The summed E-state index contributed by atoms with van der Waals surface area (Å²) in [5.74, 6) is -0.835. The van der Waals surface area contributed by atoms with Gasteiger partial charge in [0.05, 0.1) is 0 Å². The fourth-order valence-electron chi connectivity index (χ4n) is 2.85. The van der Waals surface area contributed by atoms with E-state index in [0.717, 1.165) is 11.4 Å². The summed E-state index contributed by atoms with van der Waals surface area (Å²) in [6, 6.07) is 19.8. The number of aromatic nitrogens is 2. The largest absolute Gasteiger partial charge is 0.447 e. The van der Waals surface area contributed by atoms with E-state index in [2.05, 4.69) is 25.6 Å². The lowest BCUT2D eigenvalue weighted by atomic mass is 10.1. The molecule has 2 N–H and O–H groups in total. The van der Waals surface area contributed by atoms with Gasteiger partial charge >= 0.3 is 5.97 Å². The molecule has 8 heteroatoms. The maximum atomic E-state index is 13.1. The topological polar surface area (TPSA) is 106 Å². The average Bonchev–Trinajstić information content (AvgIpc) is 2.72. The Morgan fingerprint density at radius 2 is 1.52 bits per heavy atom. The smallest absolute Gasteiger partial charge is 0.303 e. The van der Waals surface area contributed by atoms with Crippen LogP contribution in [-0.2, 0) is 14.3 Å². The molecular formula is C23H23N5O3. The van der Waals surface area contributed by atoms with Gasteiger partial charge in [-0.2, -0.15) is 4.99 Å². The second-order valence-corrected chi connectivity index (χ2v) is 6.79. The molecule has 0 fully saturated rings. The molecule has 3 rings (SSSR count). The molecule has 1 heterocycles. The number of esters is 1. The average molecular weight is 417 g/mol. The molecule has 0 unspecified atom stereocenters. The highest BCUT2D eigenvalue weighted by molar-refractivity contribution is 6.06. The lowest BCUT2D eigenvalue weighted by Crippen LogP contribution is -2.40. The van der Waals surface area contributed by atoms with Gasteiger partial charge in [-0.05, 0) is 32.0 Å². The predicted molar refractivity (Wildman–Crippen MR) is 118 cm³/mol. The summed E-state index contributed by atoms with van der Waals surface area (Å²) < 4.78 is 5.27. The van der Waals surface area contributed by atoms with E-state index in [0.29, 0.717) is 11.3 Å². The van der Waals surface area contributed by atoms with Gasteiger partial charge in [-0.3, -0.25) is 14.9 Å². The van der Waals surface area contributed by atoms with Crippen molar-refractivity contribution in [1.82, 2.24) is 15.3 Å². The van der Waals surface area contributed by atoms with Crippen molar-refractivity contribution in [2.45, 2.75) is 26.9 Å². The van der Waals surface area contributed by atoms with E-state index in [-0.39, 0.29) is 11.9 Å². The summed E-state index contributed by atoms with van der Waals surface area (Å²) in [5.41, 5.74) is 2.74. The molecule has 0 bridgehead atoms. The van der Waals surface area contributed by atoms with Gasteiger partial charge in [0.2, 0.25) is 12.1 Å². The molecule has 0 radical (unpaired) electrons. The van der Waals surface area contributed by atoms with Gasteiger partial charge in [0, 0.05) is 29.6 Å². The first-order valence-corrected chi connectivity index (χ1v) is 9.67. The third-order valence-electron chi connectivity index (χ3n) is 4.08. The van der Waals surface area contributed by atoms with Crippen LogP contribution in [0.15, 0.2) is 71.7 Å². The van der Waals surface area contributed by atoms with Crippen LogP contribution in [0.25, 0.3) is 0 Å². The van der Waals surface area contributed by atoms with Crippen LogP contribution in [0.5, 0.6) is 0 Å². The summed E-state index contributed by atoms with van der Waals surface area (Å²) in [6.07, 6.45) is -1.14. The summed E-state index contributed by atoms with van der Waals surface area (Å²) in [4.78, 5) is 37.6. The Kier molecular flexibility index (Phi) is 7.05. The highest BCUT2D eigenvalue weighted by Gasteiger charge is 2.25. The number of carbonyl (C=O) groups is 2. The predicted octanol–water partition coefficient (Wildman–Crippen LogP) is 3.61. The molecule has 0 spiro atoms. The highest BCUT2D eigenvalue weighted by atomic mass is 16.5. The van der Waals surface area contributed by atoms with Gasteiger partial charge in [-0.1, -0.05) is 48.5 Å². The molecule has 0 aliphatic carbocycles. The fourth-order valence-corrected chi connectivity index (χ4v) is 2.85. The van der Waals surface area contributed by atoms with E-state index in [1.165, 1.54) is 6.92 Å². The number of para-hydroxylation sites is 1. The third-order valence-corrected chi connectivity index (χ3v) is 4.08. The highest BCUT2D eigenvalue weighted by Crippen LogP contribution is 2.18. The maximum absolute atomic E-state index is 13.1. The minimum Gasteiger partial charge on any atom is -0.447 e. The maximum Gasteiger partial charge on any atom is 0.303 e. The van der Waals surface area contributed by atoms with Crippen molar-refractivity contribution < 1.29 is 14.3 Å². The molecule has 1 aromatic heterocycles. The zero-order valence-corrected chi connectivity index (χ0v) is 17.5. The van der Waals surface area contributed by atoms with Crippen LogP contribution >= 0.6 is 0 Å². The van der Waals surface area contributed by atoms with Crippen molar-refractivity contribution in [2.24, 2.45) is 4.99 Å². The standard InChI is InChI=1S/C23H23N5O3/c1-15-14-16(2)25-22(24-15)28-23(26-19-12-8-5-9-13-19)27-21(30)20(31-17(3)29)18-10-6-4-7-11-18/h4-14,20H,1-3H3,(H2,24,25,26,27,28,30)/t20-/m1/s1. The zero-order chi connectivity index (χ0) is 22.2. The third kappa shape index (κ3) is 6.46. The molecule has 0 saturated heterocycles. The van der Waals surface area contributed by atoms with Gasteiger partial charge in [-0.25, -0.2) is 9.97 Å². The number of amides is 1. The van der Waals surface area contributed by atoms with E-state index >= 15 is 0 Å². The van der Waals surface area contributed by atoms with Crippen LogP contribution in [-0.4, -0.2) is 27.8 Å². The van der Waals surface area contributed by atoms with Gasteiger partial charge < -0.3 is 10.1 Å². The van der Waals surface area contributed by atoms with Crippen LogP contribution < -0.4 is 10.6 Å². The molecule has 3 aromatic rings. The molecule has 31 heavy (non-hydrogen) atoms. The molecule has 158 valence electrons. The zero-order valence-electron chi connectivity index (χ0n) is 17.5. The van der Waals surface area contributed by atoms with Gasteiger partial charge in [0.25, 0.3) is 11.9 Å². The Labute approximate surface area is 180 Å². The van der Waals surface area contributed by atoms with Crippen LogP contribution in [0.4, 0.5) is 11.6 Å². The van der Waals surface area contributed by atoms with Gasteiger partial charge in [0.1, 0.15) is 0 Å². The number of guanidine groups is 1. The first kappa shape index (κ1) is 21.6. The number of hydrogen-bond donors (Lipinski definition) is 2. The Bertz CT molecular complexity index is 1060. The SMILES string of the molecule is CC(=O)O[C@@H](C(=O)N/C(=N\c1nc(C)cc(C)n1)Nc1ccccc1)c1ccccc1. The lowest BCUT2D eigenvalue weighted by molar-refractivity contribution is -0.153. The first-order valence-electron chi connectivity index (χ1n) is 9.67. The second kappa shape index (κ2) is 10.1. The number of rotatable bonds is 5. The number of aryl methyl sites for hydroxylation is 2. The molecule has 0 saturated carbocycles. The summed E-state index contributed by atoms with van der Waals surface area (Å²) in [5, 5.41) is 5.75. The van der Waals surface area contributed by atoms with Crippen molar-refractivity contribution in [2.75, 3.05) is 5.32 Å². The Morgan fingerprint density at radius 3 is 2.10 bits per heavy atom. The van der Waals surface area contributed by atoms with E-state index in [4.69, 9.17) is 4.74 Å². The quantitative estimate of drug-likeness (QED) is 0.373. The van der Waals surface area contributed by atoms with Crippen LogP contribution in [0.3, 0.4) is 0 Å². The van der Waals surface area contributed by atoms with E-state index in [1.807, 2.05) is 56.3 Å². The minimum atomic E-state index is -1.14. The monoisotopic (exact) mass is 417 g/mol. The Hall–Kier alpha value is -4.07. The Balaban J connectivity index is 1.93. The first-order chi connectivity index (χ1) is 14.9. The van der Waals surface area contributed by atoms with E-state index in [9.17, 15) is 9.59 Å². The molecule has 2 aromatic carbocycles. The van der Waals surface area contributed by atoms with E-state index < -0.39 is 18.0 Å². The van der Waals surface area contributed by atoms with Crippen molar-refractivity contribution >= 4 is 29.5 Å². The fraction of sp³-hybridized carbons (Fsp3) is 0.174. The van der Waals surface area contributed by atoms with Crippen molar-refractivity contribution in [1.29, 1.82) is 0 Å². The number of hydrogen-bond acceptors (Lipinski definition) is 6. The number of nitrogens with one attached hydrogen (secondary N) is 2. The van der Waals surface area contributed by atoms with Crippen molar-refractivity contribution in [3.63, 3.8) is 0 Å². The van der Waals surface area contributed by atoms with Crippen LogP contribution in [0, 0.1) is 13.8 Å². The number of benzene rings is 2. The summed E-state index contributed by atoms with van der Waals surface area (Å²) >= 11 is 0. The number of nitrogens with zero attached hydrogens (tertiary/aromatic N) is 3. The molecule has 0 aliphatic rings. The molecular weight excluding hydrogens is 394 g/mol.